The highest BCUT2D eigenvalue weighted by atomic mass is 32.1. The molecule has 8 heteroatoms. The third-order valence-electron chi connectivity index (χ3n) is 6.42. The van der Waals surface area contributed by atoms with Crippen LogP contribution in [0, 0.1) is 13.8 Å². The first kappa shape index (κ1) is 25.0. The largest absolute Gasteiger partial charge is 0.497 e. The summed E-state index contributed by atoms with van der Waals surface area (Å²) < 4.78 is 22.0. The number of ether oxygens (including phenoxy) is 4. The van der Waals surface area contributed by atoms with Gasteiger partial charge in [-0.2, -0.15) is 0 Å². The van der Waals surface area contributed by atoms with Crippen molar-refractivity contribution in [1.29, 1.82) is 0 Å². The summed E-state index contributed by atoms with van der Waals surface area (Å²) in [6, 6.07) is 13.1. The Kier molecular flexibility index (Phi) is 7.95. The van der Waals surface area contributed by atoms with E-state index >= 15 is 0 Å². The van der Waals surface area contributed by atoms with Crippen LogP contribution in [0.4, 0.5) is 5.00 Å². The van der Waals surface area contributed by atoms with Gasteiger partial charge in [0.15, 0.2) is 11.5 Å². The molecule has 35 heavy (non-hydrogen) atoms. The van der Waals surface area contributed by atoms with E-state index in [4.69, 9.17) is 18.9 Å². The lowest BCUT2D eigenvalue weighted by Crippen LogP contribution is -2.40. The second-order valence-electron chi connectivity index (χ2n) is 8.37. The van der Waals surface area contributed by atoms with E-state index in [2.05, 4.69) is 30.1 Å². The Hall–Kier alpha value is -3.07. The first-order valence-corrected chi connectivity index (χ1v) is 12.4. The van der Waals surface area contributed by atoms with Gasteiger partial charge in [0.1, 0.15) is 10.8 Å². The molecule has 2 aromatic carbocycles. The molecular formula is C27H32N2O5S. The van der Waals surface area contributed by atoms with Crippen molar-refractivity contribution >= 4 is 22.2 Å². The lowest BCUT2D eigenvalue weighted by molar-refractivity contribution is 0.0240. The van der Waals surface area contributed by atoms with Gasteiger partial charge in [0.25, 0.3) is 5.91 Å². The maximum atomic E-state index is 13.2. The van der Waals surface area contributed by atoms with E-state index in [0.717, 1.165) is 29.2 Å². The molecule has 1 fully saturated rings. The summed E-state index contributed by atoms with van der Waals surface area (Å²) >= 11 is 1.61. The number of nitrogens with zero attached hydrogens (tertiary/aromatic N) is 1. The highest BCUT2D eigenvalue weighted by molar-refractivity contribution is 7.16. The molecule has 0 aliphatic carbocycles. The molecule has 1 amide bonds. The van der Waals surface area contributed by atoms with Crippen LogP contribution in [-0.4, -0.2) is 58.4 Å². The number of nitrogens with one attached hydrogen (secondary N) is 1. The summed E-state index contributed by atoms with van der Waals surface area (Å²) in [7, 11) is 4.89. The molecule has 0 radical (unpaired) electrons. The first-order chi connectivity index (χ1) is 17.0. The number of hydrogen-bond donors (Lipinski definition) is 1. The molecule has 0 saturated carbocycles. The normalized spacial score (nSPS) is 14.9. The zero-order valence-electron chi connectivity index (χ0n) is 20.8. The van der Waals surface area contributed by atoms with Crippen molar-refractivity contribution in [3.05, 3.63) is 69.6 Å². The van der Waals surface area contributed by atoms with Gasteiger partial charge < -0.3 is 24.3 Å². The van der Waals surface area contributed by atoms with E-state index in [9.17, 15) is 4.79 Å². The van der Waals surface area contributed by atoms with Crippen LogP contribution in [0.15, 0.2) is 42.5 Å². The third-order valence-corrected chi connectivity index (χ3v) is 7.56. The molecular weight excluding hydrogens is 464 g/mol. The predicted molar refractivity (Wildman–Crippen MR) is 139 cm³/mol. The summed E-state index contributed by atoms with van der Waals surface area (Å²) in [5.41, 5.74) is 3.93. The Morgan fingerprint density at radius 1 is 0.971 bits per heavy atom. The number of benzene rings is 2. The van der Waals surface area contributed by atoms with Gasteiger partial charge in [0, 0.05) is 29.1 Å². The number of hydrogen-bond acceptors (Lipinski definition) is 7. The minimum absolute atomic E-state index is 0.0742. The van der Waals surface area contributed by atoms with Crippen molar-refractivity contribution in [3.8, 4) is 17.2 Å². The molecule has 2 heterocycles. The maximum absolute atomic E-state index is 13.2. The summed E-state index contributed by atoms with van der Waals surface area (Å²) in [5, 5.41) is 4.05. The van der Waals surface area contributed by atoms with Gasteiger partial charge in [0.2, 0.25) is 0 Å². The number of methoxy groups -OCH3 is 3. The summed E-state index contributed by atoms with van der Waals surface area (Å²) in [5.74, 6) is 1.92. The van der Waals surface area contributed by atoms with E-state index in [1.54, 1.807) is 56.9 Å². The number of rotatable bonds is 8. The molecule has 1 aliphatic heterocycles. The number of carbonyl (C=O) groups is 1. The van der Waals surface area contributed by atoms with E-state index in [-0.39, 0.29) is 11.9 Å². The average molecular weight is 497 g/mol. The van der Waals surface area contributed by atoms with E-state index < -0.39 is 0 Å². The Bertz CT molecular complexity index is 1170. The van der Waals surface area contributed by atoms with Gasteiger partial charge >= 0.3 is 0 Å². The van der Waals surface area contributed by atoms with Crippen LogP contribution >= 0.6 is 11.3 Å². The van der Waals surface area contributed by atoms with E-state index in [0.29, 0.717) is 36.0 Å². The summed E-state index contributed by atoms with van der Waals surface area (Å²) in [6.07, 6.45) is 0. The van der Waals surface area contributed by atoms with Crippen molar-refractivity contribution < 1.29 is 23.7 Å². The van der Waals surface area contributed by atoms with Crippen molar-refractivity contribution in [1.82, 2.24) is 4.90 Å². The van der Waals surface area contributed by atoms with Crippen LogP contribution < -0.4 is 19.5 Å². The van der Waals surface area contributed by atoms with Gasteiger partial charge in [-0.1, -0.05) is 6.07 Å². The smallest absolute Gasteiger partial charge is 0.256 e. The van der Waals surface area contributed by atoms with Gasteiger partial charge in [-0.3, -0.25) is 9.69 Å². The van der Waals surface area contributed by atoms with Crippen LogP contribution in [-0.2, 0) is 4.74 Å². The van der Waals surface area contributed by atoms with Crippen molar-refractivity contribution in [2.24, 2.45) is 0 Å². The topological polar surface area (TPSA) is 69.3 Å². The van der Waals surface area contributed by atoms with Crippen LogP contribution in [0.3, 0.4) is 0 Å². The first-order valence-electron chi connectivity index (χ1n) is 11.6. The molecule has 1 aliphatic rings. The molecule has 1 N–H and O–H groups in total. The summed E-state index contributed by atoms with van der Waals surface area (Å²) in [6.45, 7) is 7.13. The number of anilines is 1. The van der Waals surface area contributed by atoms with E-state index in [1.165, 1.54) is 10.4 Å². The second-order valence-corrected chi connectivity index (χ2v) is 9.60. The highest BCUT2D eigenvalue weighted by Gasteiger charge is 2.31. The lowest BCUT2D eigenvalue weighted by Gasteiger charge is -2.36. The molecule has 1 saturated heterocycles. The number of aryl methyl sites for hydroxylation is 1. The molecule has 4 rings (SSSR count). The van der Waals surface area contributed by atoms with Gasteiger partial charge in [-0.15, -0.1) is 11.3 Å². The van der Waals surface area contributed by atoms with Crippen molar-refractivity contribution in [3.63, 3.8) is 0 Å². The fourth-order valence-corrected chi connectivity index (χ4v) is 5.49. The molecule has 0 spiro atoms. The fraction of sp³-hybridized carbons (Fsp3) is 0.370. The monoisotopic (exact) mass is 496 g/mol. The van der Waals surface area contributed by atoms with Gasteiger partial charge in [0.05, 0.1) is 40.6 Å². The Morgan fingerprint density at radius 3 is 2.29 bits per heavy atom. The lowest BCUT2D eigenvalue weighted by atomic mass is 9.94. The predicted octanol–water partition coefficient (Wildman–Crippen LogP) is 5.06. The average Bonchev–Trinajstić information content (AvgIpc) is 3.17. The number of thiophene rings is 1. The van der Waals surface area contributed by atoms with Gasteiger partial charge in [-0.05, 0) is 61.4 Å². The standard InChI is InChI=1S/C27H32N2O5S/c1-17-18(2)35-27(28-26(30)19-6-9-21(31-3)10-7-19)24(17)25(29-12-14-34-15-13-29)20-8-11-22(32-4)23(16-20)33-5/h6-11,16,25H,12-15H2,1-5H3,(H,28,30)/t25-/m0/s1. The molecule has 3 aromatic rings. The number of amides is 1. The van der Waals surface area contributed by atoms with Crippen LogP contribution in [0.5, 0.6) is 17.2 Å². The Morgan fingerprint density at radius 2 is 1.66 bits per heavy atom. The second kappa shape index (κ2) is 11.1. The van der Waals surface area contributed by atoms with E-state index in [1.807, 2.05) is 12.1 Å². The Balaban J connectivity index is 1.76. The number of carbonyl (C=O) groups excluding carboxylic acids is 1. The molecule has 0 unspecified atom stereocenters. The molecule has 1 atom stereocenters. The molecule has 7 nitrogen and oxygen atoms in total. The zero-order valence-corrected chi connectivity index (χ0v) is 21.7. The highest BCUT2D eigenvalue weighted by Crippen LogP contribution is 2.44. The van der Waals surface area contributed by atoms with Crippen LogP contribution in [0.2, 0.25) is 0 Å². The maximum Gasteiger partial charge on any atom is 0.256 e. The van der Waals surface area contributed by atoms with Crippen LogP contribution in [0.1, 0.15) is 38.0 Å². The zero-order chi connectivity index (χ0) is 24.9. The van der Waals surface area contributed by atoms with Gasteiger partial charge in [-0.25, -0.2) is 0 Å². The summed E-state index contributed by atoms with van der Waals surface area (Å²) in [4.78, 5) is 16.8. The third kappa shape index (κ3) is 5.29. The minimum Gasteiger partial charge on any atom is -0.497 e. The van der Waals surface area contributed by atoms with Crippen molar-refractivity contribution in [2.45, 2.75) is 19.9 Å². The molecule has 186 valence electrons. The quantitative estimate of drug-likeness (QED) is 0.470. The number of morpholine rings is 1. The minimum atomic E-state index is -0.150. The molecule has 0 bridgehead atoms. The van der Waals surface area contributed by atoms with Crippen molar-refractivity contribution in [2.75, 3.05) is 52.9 Å². The van der Waals surface area contributed by atoms with Crippen LogP contribution in [0.25, 0.3) is 0 Å². The Labute approximate surface area is 210 Å². The molecule has 1 aromatic heterocycles. The fourth-order valence-electron chi connectivity index (χ4n) is 4.40. The SMILES string of the molecule is COc1ccc(C(=O)Nc2sc(C)c(C)c2[C@H](c2ccc(OC)c(OC)c2)N2CCOCC2)cc1.